The third-order valence-corrected chi connectivity index (χ3v) is 2.60. The minimum Gasteiger partial charge on any atom is -0.508 e. The first-order chi connectivity index (χ1) is 6.81. The highest BCUT2D eigenvalue weighted by Crippen LogP contribution is 2.31. The van der Waals surface area contributed by atoms with Crippen LogP contribution in [0.25, 0.3) is 0 Å². The third kappa shape index (κ3) is 1.74. The summed E-state index contributed by atoms with van der Waals surface area (Å²) in [6, 6.07) is 5.96. The molecule has 0 radical (unpaired) electrons. The van der Waals surface area contributed by atoms with Gasteiger partial charge in [-0.05, 0) is 30.7 Å². The molecule has 1 saturated heterocycles. The number of rotatable bonds is 3. The van der Waals surface area contributed by atoms with E-state index < -0.39 is 0 Å². The molecule has 14 heavy (non-hydrogen) atoms. The summed E-state index contributed by atoms with van der Waals surface area (Å²) in [4.78, 5) is 0. The molecule has 2 rings (SSSR count). The van der Waals surface area contributed by atoms with E-state index in [4.69, 9.17) is 4.74 Å². The van der Waals surface area contributed by atoms with Gasteiger partial charge in [-0.25, -0.2) is 0 Å². The van der Waals surface area contributed by atoms with Crippen LogP contribution in [0.15, 0.2) is 18.2 Å². The third-order valence-electron chi connectivity index (χ3n) is 2.60. The Morgan fingerprint density at radius 1 is 1.57 bits per heavy atom. The fourth-order valence-electron chi connectivity index (χ4n) is 1.69. The van der Waals surface area contributed by atoms with Crippen LogP contribution in [0, 0.1) is 0 Å². The van der Waals surface area contributed by atoms with Gasteiger partial charge >= 0.3 is 0 Å². The Morgan fingerprint density at radius 2 is 2.36 bits per heavy atom. The lowest BCUT2D eigenvalue weighted by Crippen LogP contribution is -2.35. The van der Waals surface area contributed by atoms with Crippen molar-refractivity contribution in [3.8, 4) is 5.75 Å². The van der Waals surface area contributed by atoms with Crippen molar-refractivity contribution in [3.63, 3.8) is 0 Å². The normalized spacial score (nSPS) is 20.5. The number of hydrogen-bond acceptors (Lipinski definition) is 3. The Kier molecular flexibility index (Phi) is 2.70. The van der Waals surface area contributed by atoms with Crippen LogP contribution in [0.1, 0.15) is 23.6 Å². The maximum Gasteiger partial charge on any atom is 0.120 e. The van der Waals surface area contributed by atoms with Gasteiger partial charge in [-0.3, -0.25) is 0 Å². The Bertz CT molecular complexity index is 321. The molecule has 0 unspecified atom stereocenters. The van der Waals surface area contributed by atoms with Crippen LogP contribution in [-0.4, -0.2) is 18.8 Å². The van der Waals surface area contributed by atoms with Gasteiger partial charge in [0.25, 0.3) is 0 Å². The zero-order chi connectivity index (χ0) is 9.97. The standard InChI is InChI=1S/C11H15NO2/c1-14-7-8-2-3-11(13)9(6-8)10-4-5-12-10/h2-3,6,10,12-13H,4-5,7H2,1H3/t10-/m1/s1. The molecule has 0 amide bonds. The number of nitrogens with one attached hydrogen (secondary N) is 1. The first-order valence-corrected chi connectivity index (χ1v) is 4.85. The summed E-state index contributed by atoms with van der Waals surface area (Å²) in [7, 11) is 1.67. The van der Waals surface area contributed by atoms with E-state index in [2.05, 4.69) is 5.32 Å². The second kappa shape index (κ2) is 3.98. The Balaban J connectivity index is 2.22. The number of methoxy groups -OCH3 is 1. The summed E-state index contributed by atoms with van der Waals surface area (Å²) >= 11 is 0. The molecule has 0 bridgehead atoms. The highest BCUT2D eigenvalue weighted by Gasteiger charge is 2.21. The van der Waals surface area contributed by atoms with E-state index in [9.17, 15) is 5.11 Å². The van der Waals surface area contributed by atoms with Gasteiger partial charge in [-0.1, -0.05) is 6.07 Å². The van der Waals surface area contributed by atoms with Crippen LogP contribution in [0.4, 0.5) is 0 Å². The smallest absolute Gasteiger partial charge is 0.120 e. The van der Waals surface area contributed by atoms with Gasteiger partial charge in [0.15, 0.2) is 0 Å². The molecule has 1 fully saturated rings. The molecule has 3 nitrogen and oxygen atoms in total. The molecule has 1 aromatic carbocycles. The predicted octanol–water partition coefficient (Wildman–Crippen LogP) is 1.57. The molecule has 76 valence electrons. The number of phenols is 1. The number of ether oxygens (including phenoxy) is 1. The van der Waals surface area contributed by atoms with Crippen molar-refractivity contribution >= 4 is 0 Å². The minimum atomic E-state index is 0.326. The first kappa shape index (κ1) is 9.49. The molecular formula is C11H15NO2. The number of aromatic hydroxyl groups is 1. The van der Waals surface area contributed by atoms with Crippen molar-refractivity contribution < 1.29 is 9.84 Å². The molecule has 1 aromatic rings. The van der Waals surface area contributed by atoms with Gasteiger partial charge in [0.2, 0.25) is 0 Å². The second-order valence-electron chi connectivity index (χ2n) is 3.62. The van der Waals surface area contributed by atoms with Gasteiger partial charge in [0.05, 0.1) is 6.61 Å². The van der Waals surface area contributed by atoms with Crippen LogP contribution in [-0.2, 0) is 11.3 Å². The van der Waals surface area contributed by atoms with E-state index >= 15 is 0 Å². The molecular weight excluding hydrogens is 178 g/mol. The molecule has 0 spiro atoms. The predicted molar refractivity (Wildman–Crippen MR) is 54.2 cm³/mol. The van der Waals surface area contributed by atoms with E-state index in [1.807, 2.05) is 12.1 Å². The van der Waals surface area contributed by atoms with Crippen LogP contribution >= 0.6 is 0 Å². The molecule has 0 aliphatic carbocycles. The molecule has 0 aromatic heterocycles. The lowest BCUT2D eigenvalue weighted by Gasteiger charge is -2.28. The lowest BCUT2D eigenvalue weighted by atomic mass is 9.95. The first-order valence-electron chi connectivity index (χ1n) is 4.85. The summed E-state index contributed by atoms with van der Waals surface area (Å²) in [5.41, 5.74) is 2.10. The number of phenolic OH excluding ortho intramolecular Hbond substituents is 1. The molecule has 1 aliphatic rings. The number of benzene rings is 1. The van der Waals surface area contributed by atoms with Crippen LogP contribution in [0.2, 0.25) is 0 Å². The molecule has 1 heterocycles. The van der Waals surface area contributed by atoms with Gasteiger partial charge in [0.1, 0.15) is 5.75 Å². The van der Waals surface area contributed by atoms with Crippen molar-refractivity contribution in [3.05, 3.63) is 29.3 Å². The average molecular weight is 193 g/mol. The van der Waals surface area contributed by atoms with Crippen LogP contribution < -0.4 is 5.32 Å². The Hall–Kier alpha value is -1.06. The van der Waals surface area contributed by atoms with E-state index in [-0.39, 0.29) is 0 Å². The minimum absolute atomic E-state index is 0.326. The summed E-state index contributed by atoms with van der Waals surface area (Å²) in [5, 5.41) is 12.9. The fourth-order valence-corrected chi connectivity index (χ4v) is 1.69. The monoisotopic (exact) mass is 193 g/mol. The molecule has 0 saturated carbocycles. The maximum absolute atomic E-state index is 9.66. The second-order valence-corrected chi connectivity index (χ2v) is 3.62. The Morgan fingerprint density at radius 3 is 2.93 bits per heavy atom. The van der Waals surface area contributed by atoms with E-state index in [1.54, 1.807) is 13.2 Å². The highest BCUT2D eigenvalue weighted by molar-refractivity contribution is 5.39. The Labute approximate surface area is 83.7 Å². The average Bonchev–Trinajstić information content (AvgIpc) is 2.08. The van der Waals surface area contributed by atoms with Crippen LogP contribution in [0.5, 0.6) is 5.75 Å². The van der Waals surface area contributed by atoms with E-state index in [1.165, 1.54) is 0 Å². The van der Waals surface area contributed by atoms with Crippen molar-refractivity contribution in [2.75, 3.05) is 13.7 Å². The fraction of sp³-hybridized carbons (Fsp3) is 0.455. The van der Waals surface area contributed by atoms with Gasteiger partial charge in [-0.15, -0.1) is 0 Å². The van der Waals surface area contributed by atoms with Gasteiger partial charge < -0.3 is 15.2 Å². The van der Waals surface area contributed by atoms with Crippen molar-refractivity contribution in [2.45, 2.75) is 19.1 Å². The zero-order valence-corrected chi connectivity index (χ0v) is 8.29. The summed E-state index contributed by atoms with van der Waals surface area (Å²) in [6.45, 7) is 1.64. The van der Waals surface area contributed by atoms with Gasteiger partial charge in [0, 0.05) is 18.7 Å². The summed E-state index contributed by atoms with van der Waals surface area (Å²) in [5.74, 6) is 0.377. The quantitative estimate of drug-likeness (QED) is 0.765. The molecule has 3 heteroatoms. The molecule has 2 N–H and O–H groups in total. The van der Waals surface area contributed by atoms with Gasteiger partial charge in [-0.2, -0.15) is 0 Å². The molecule has 1 atom stereocenters. The summed E-state index contributed by atoms with van der Waals surface area (Å²) < 4.78 is 5.05. The van der Waals surface area contributed by atoms with Crippen molar-refractivity contribution in [2.24, 2.45) is 0 Å². The van der Waals surface area contributed by atoms with E-state index in [0.29, 0.717) is 18.4 Å². The lowest BCUT2D eigenvalue weighted by molar-refractivity contribution is 0.184. The van der Waals surface area contributed by atoms with Crippen molar-refractivity contribution in [1.82, 2.24) is 5.32 Å². The number of hydrogen-bond donors (Lipinski definition) is 2. The van der Waals surface area contributed by atoms with Crippen molar-refractivity contribution in [1.29, 1.82) is 0 Å². The largest absolute Gasteiger partial charge is 0.508 e. The topological polar surface area (TPSA) is 41.5 Å². The SMILES string of the molecule is COCc1ccc(O)c([C@H]2CCN2)c1. The van der Waals surface area contributed by atoms with Crippen LogP contribution in [0.3, 0.4) is 0 Å². The highest BCUT2D eigenvalue weighted by atomic mass is 16.5. The summed E-state index contributed by atoms with van der Waals surface area (Å²) in [6.07, 6.45) is 1.10. The molecule has 1 aliphatic heterocycles. The maximum atomic E-state index is 9.66. The zero-order valence-electron chi connectivity index (χ0n) is 8.29. The van der Waals surface area contributed by atoms with E-state index in [0.717, 1.165) is 24.1 Å².